The highest BCUT2D eigenvalue weighted by Gasteiger charge is 2.17. The van der Waals surface area contributed by atoms with Gasteiger partial charge in [0.1, 0.15) is 5.58 Å². The third-order valence-electron chi connectivity index (χ3n) is 4.46. The number of nitrogens with zero attached hydrogens (tertiary/aromatic N) is 1. The second-order valence-electron chi connectivity index (χ2n) is 6.88. The molecule has 3 rings (SSSR count). The Morgan fingerprint density at radius 3 is 2.70 bits per heavy atom. The van der Waals surface area contributed by atoms with Gasteiger partial charge in [-0.05, 0) is 30.7 Å². The number of benzene rings is 2. The van der Waals surface area contributed by atoms with Crippen LogP contribution >= 0.6 is 11.6 Å². The molecule has 0 radical (unpaired) electrons. The van der Waals surface area contributed by atoms with Gasteiger partial charge in [-0.3, -0.25) is 14.4 Å². The molecule has 0 aliphatic heterocycles. The van der Waals surface area contributed by atoms with Crippen molar-refractivity contribution in [2.24, 2.45) is 0 Å². The van der Waals surface area contributed by atoms with Crippen molar-refractivity contribution in [1.82, 2.24) is 4.90 Å². The maximum absolute atomic E-state index is 12.2. The van der Waals surface area contributed by atoms with E-state index in [2.05, 4.69) is 5.32 Å². The first-order chi connectivity index (χ1) is 14.3. The standard InChI is InChI=1S/C22H21ClN2O5/c1-14-7-8-16-15(12-29-19(16)9-14)10-22(28)30-13-21(27)25(2)11-20(26)24-18-6-4-3-5-17(18)23/h3-9,12H,10-11,13H2,1-2H3,(H,24,26). The number of hydrogen-bond acceptors (Lipinski definition) is 5. The number of likely N-dealkylation sites (N-methyl/N-ethyl adjacent to an activating group) is 1. The van der Waals surface area contributed by atoms with Gasteiger partial charge in [0.25, 0.3) is 5.91 Å². The van der Waals surface area contributed by atoms with Crippen molar-refractivity contribution < 1.29 is 23.5 Å². The van der Waals surface area contributed by atoms with E-state index in [1.54, 1.807) is 24.3 Å². The Balaban J connectivity index is 1.47. The highest BCUT2D eigenvalue weighted by molar-refractivity contribution is 6.33. The predicted octanol–water partition coefficient (Wildman–Crippen LogP) is 3.58. The van der Waals surface area contributed by atoms with Crippen LogP contribution in [0, 0.1) is 6.92 Å². The highest BCUT2D eigenvalue weighted by Crippen LogP contribution is 2.23. The molecule has 7 nitrogen and oxygen atoms in total. The number of esters is 1. The van der Waals surface area contributed by atoms with Crippen LogP contribution in [-0.4, -0.2) is 42.9 Å². The average Bonchev–Trinajstić information content (AvgIpc) is 3.09. The summed E-state index contributed by atoms with van der Waals surface area (Å²) in [5.74, 6) is -1.46. The quantitative estimate of drug-likeness (QED) is 0.581. The fraction of sp³-hybridized carbons (Fsp3) is 0.227. The van der Waals surface area contributed by atoms with E-state index in [0.29, 0.717) is 21.9 Å². The molecule has 0 atom stereocenters. The maximum Gasteiger partial charge on any atom is 0.310 e. The van der Waals surface area contributed by atoms with E-state index < -0.39 is 24.4 Å². The van der Waals surface area contributed by atoms with Crippen LogP contribution in [0.4, 0.5) is 5.69 Å². The van der Waals surface area contributed by atoms with Gasteiger partial charge in [0.05, 0.1) is 29.9 Å². The second kappa shape index (κ2) is 9.45. The summed E-state index contributed by atoms with van der Waals surface area (Å²) >= 11 is 5.99. The van der Waals surface area contributed by atoms with Gasteiger partial charge in [0, 0.05) is 18.0 Å². The van der Waals surface area contributed by atoms with Crippen molar-refractivity contribution in [1.29, 1.82) is 0 Å². The lowest BCUT2D eigenvalue weighted by Crippen LogP contribution is -2.37. The van der Waals surface area contributed by atoms with Gasteiger partial charge < -0.3 is 19.4 Å². The van der Waals surface area contributed by atoms with Crippen LogP contribution < -0.4 is 5.32 Å². The summed E-state index contributed by atoms with van der Waals surface area (Å²) in [5, 5.41) is 3.86. The summed E-state index contributed by atoms with van der Waals surface area (Å²) in [5.41, 5.74) is 2.89. The lowest BCUT2D eigenvalue weighted by atomic mass is 10.1. The van der Waals surface area contributed by atoms with Crippen LogP contribution in [0.1, 0.15) is 11.1 Å². The molecular formula is C22H21ClN2O5. The predicted molar refractivity (Wildman–Crippen MR) is 113 cm³/mol. The Morgan fingerprint density at radius 2 is 1.93 bits per heavy atom. The number of anilines is 1. The van der Waals surface area contributed by atoms with E-state index >= 15 is 0 Å². The summed E-state index contributed by atoms with van der Waals surface area (Å²) in [6.45, 7) is 1.30. The molecule has 0 bridgehead atoms. The zero-order valence-corrected chi connectivity index (χ0v) is 17.4. The van der Waals surface area contributed by atoms with Crippen LogP contribution in [0.15, 0.2) is 53.1 Å². The minimum Gasteiger partial charge on any atom is -0.464 e. The topological polar surface area (TPSA) is 88.9 Å². The normalized spacial score (nSPS) is 10.6. The number of furan rings is 1. The van der Waals surface area contributed by atoms with Crippen molar-refractivity contribution in [2.75, 3.05) is 25.5 Å². The highest BCUT2D eigenvalue weighted by atomic mass is 35.5. The fourth-order valence-corrected chi connectivity index (χ4v) is 3.03. The van der Waals surface area contributed by atoms with Gasteiger partial charge >= 0.3 is 5.97 Å². The van der Waals surface area contributed by atoms with Crippen LogP contribution in [0.2, 0.25) is 5.02 Å². The Bertz CT molecular complexity index is 1090. The summed E-state index contributed by atoms with van der Waals surface area (Å²) in [6, 6.07) is 12.5. The lowest BCUT2D eigenvalue weighted by molar-refractivity contribution is -0.151. The number of carbonyl (C=O) groups excluding carboxylic acids is 3. The third kappa shape index (κ3) is 5.39. The minimum atomic E-state index is -0.555. The van der Waals surface area contributed by atoms with E-state index in [0.717, 1.165) is 10.9 Å². The van der Waals surface area contributed by atoms with E-state index in [9.17, 15) is 14.4 Å². The summed E-state index contributed by atoms with van der Waals surface area (Å²) in [6.07, 6.45) is 1.50. The van der Waals surface area contributed by atoms with Crippen molar-refractivity contribution in [3.05, 3.63) is 64.9 Å². The van der Waals surface area contributed by atoms with Crippen molar-refractivity contribution in [3.8, 4) is 0 Å². The Morgan fingerprint density at radius 1 is 1.17 bits per heavy atom. The van der Waals surface area contributed by atoms with Gasteiger partial charge in [-0.2, -0.15) is 0 Å². The third-order valence-corrected chi connectivity index (χ3v) is 4.79. The Kier molecular flexibility index (Phi) is 6.74. The molecule has 2 amide bonds. The number of carbonyl (C=O) groups is 3. The molecule has 1 heterocycles. The number of para-hydroxylation sites is 1. The molecule has 0 saturated carbocycles. The molecule has 0 unspecified atom stereocenters. The van der Waals surface area contributed by atoms with Crippen LogP contribution in [0.3, 0.4) is 0 Å². The Hall–Kier alpha value is -3.32. The van der Waals surface area contributed by atoms with Crippen LogP contribution in [-0.2, 0) is 25.5 Å². The molecule has 0 spiro atoms. The number of rotatable bonds is 7. The molecular weight excluding hydrogens is 408 g/mol. The molecule has 8 heteroatoms. The van der Waals surface area contributed by atoms with E-state index in [1.165, 1.54) is 18.2 Å². The molecule has 3 aromatic rings. The number of halogens is 1. The van der Waals surface area contributed by atoms with Crippen molar-refractivity contribution in [3.63, 3.8) is 0 Å². The number of amides is 2. The zero-order valence-electron chi connectivity index (χ0n) is 16.6. The van der Waals surface area contributed by atoms with Gasteiger partial charge in [-0.25, -0.2) is 0 Å². The summed E-state index contributed by atoms with van der Waals surface area (Å²) in [4.78, 5) is 37.6. The number of fused-ring (bicyclic) bond motifs is 1. The molecule has 0 fully saturated rings. The molecule has 1 N–H and O–H groups in total. The second-order valence-corrected chi connectivity index (χ2v) is 7.28. The SMILES string of the molecule is Cc1ccc2c(CC(=O)OCC(=O)N(C)CC(=O)Nc3ccccc3Cl)coc2c1. The molecule has 0 aliphatic carbocycles. The van der Waals surface area contributed by atoms with Gasteiger partial charge in [0.15, 0.2) is 6.61 Å². The summed E-state index contributed by atoms with van der Waals surface area (Å²) < 4.78 is 10.5. The Labute approximate surface area is 178 Å². The lowest BCUT2D eigenvalue weighted by Gasteiger charge is -2.17. The molecule has 156 valence electrons. The maximum atomic E-state index is 12.2. The van der Waals surface area contributed by atoms with Gasteiger partial charge in [0.2, 0.25) is 5.91 Å². The summed E-state index contributed by atoms with van der Waals surface area (Å²) in [7, 11) is 1.45. The van der Waals surface area contributed by atoms with E-state index in [4.69, 9.17) is 20.8 Å². The molecule has 30 heavy (non-hydrogen) atoms. The van der Waals surface area contributed by atoms with Crippen molar-refractivity contribution in [2.45, 2.75) is 13.3 Å². The molecule has 2 aromatic carbocycles. The fourth-order valence-electron chi connectivity index (χ4n) is 2.84. The molecule has 0 aliphatic rings. The van der Waals surface area contributed by atoms with E-state index in [1.807, 2.05) is 25.1 Å². The first-order valence-corrected chi connectivity index (χ1v) is 9.62. The number of nitrogens with one attached hydrogen (secondary N) is 1. The van der Waals surface area contributed by atoms with Crippen LogP contribution in [0.25, 0.3) is 11.0 Å². The smallest absolute Gasteiger partial charge is 0.310 e. The van der Waals surface area contributed by atoms with Gasteiger partial charge in [-0.15, -0.1) is 0 Å². The molecule has 0 saturated heterocycles. The first kappa shape index (κ1) is 21.4. The zero-order chi connectivity index (χ0) is 21.7. The monoisotopic (exact) mass is 428 g/mol. The van der Waals surface area contributed by atoms with Crippen LogP contribution in [0.5, 0.6) is 0 Å². The van der Waals surface area contributed by atoms with Gasteiger partial charge in [-0.1, -0.05) is 35.9 Å². The van der Waals surface area contributed by atoms with E-state index in [-0.39, 0.29) is 13.0 Å². The number of hydrogen-bond donors (Lipinski definition) is 1. The first-order valence-electron chi connectivity index (χ1n) is 9.24. The molecule has 1 aromatic heterocycles. The number of aryl methyl sites for hydroxylation is 1. The number of ether oxygens (including phenoxy) is 1. The average molecular weight is 429 g/mol. The van der Waals surface area contributed by atoms with Crippen molar-refractivity contribution >= 4 is 46.0 Å². The minimum absolute atomic E-state index is 0.0138. The largest absolute Gasteiger partial charge is 0.464 e.